The van der Waals surface area contributed by atoms with Gasteiger partial charge in [0.15, 0.2) is 5.82 Å². The number of nitrogens with one attached hydrogen (secondary N) is 3. The number of hydrogen-bond donors (Lipinski definition) is 3. The molecule has 7 nitrogen and oxygen atoms in total. The van der Waals surface area contributed by atoms with E-state index in [0.29, 0.717) is 19.1 Å². The zero-order chi connectivity index (χ0) is 19.5. The van der Waals surface area contributed by atoms with Crippen molar-refractivity contribution in [3.8, 4) is 5.75 Å². The molecular formula is C22H24N6O. The van der Waals surface area contributed by atoms with Gasteiger partial charge in [0, 0.05) is 13.1 Å². The van der Waals surface area contributed by atoms with Crippen LogP contribution in [0.2, 0.25) is 0 Å². The van der Waals surface area contributed by atoms with Gasteiger partial charge in [-0.3, -0.25) is 0 Å². The van der Waals surface area contributed by atoms with Gasteiger partial charge < -0.3 is 20.4 Å². The lowest BCUT2D eigenvalue weighted by atomic mass is 10.0. The van der Waals surface area contributed by atoms with Crippen LogP contribution in [0.15, 0.2) is 60.7 Å². The molecule has 0 saturated heterocycles. The molecule has 0 radical (unpaired) electrons. The number of nitrogens with zero attached hydrogens (tertiary/aromatic N) is 3. The summed E-state index contributed by atoms with van der Waals surface area (Å²) < 4.78 is 5.75. The zero-order valence-corrected chi connectivity index (χ0v) is 16.1. The molecule has 0 saturated carbocycles. The Hall–Kier alpha value is -3.32. The summed E-state index contributed by atoms with van der Waals surface area (Å²) in [6.45, 7) is 2.96. The van der Waals surface area contributed by atoms with Gasteiger partial charge in [-0.15, -0.1) is 0 Å². The maximum absolute atomic E-state index is 5.75. The summed E-state index contributed by atoms with van der Waals surface area (Å²) in [5.41, 5.74) is 9.00. The highest BCUT2D eigenvalue weighted by molar-refractivity contribution is 5.67. The molecule has 0 aliphatic carbocycles. The highest BCUT2D eigenvalue weighted by Gasteiger charge is 2.34. The van der Waals surface area contributed by atoms with Crippen molar-refractivity contribution in [2.45, 2.75) is 19.0 Å². The highest BCUT2D eigenvalue weighted by atomic mass is 16.5. The second-order valence-electron chi connectivity index (χ2n) is 7.24. The normalized spacial score (nSPS) is 16.8. The first-order valence-corrected chi connectivity index (χ1v) is 10.0. The number of ether oxygens (including phenoxy) is 1. The number of hydrogen-bond acceptors (Lipinski definition) is 7. The Morgan fingerprint density at radius 3 is 2.66 bits per heavy atom. The Bertz CT molecular complexity index is 966. The number of aromatic nitrogens is 2. The number of para-hydroxylation sites is 1. The van der Waals surface area contributed by atoms with E-state index >= 15 is 0 Å². The minimum atomic E-state index is 0.266. The molecule has 0 spiro atoms. The van der Waals surface area contributed by atoms with Crippen molar-refractivity contribution in [3.63, 3.8) is 0 Å². The number of rotatable bonds is 7. The second kappa shape index (κ2) is 7.97. The summed E-state index contributed by atoms with van der Waals surface area (Å²) >= 11 is 0. The molecule has 1 atom stereocenters. The fourth-order valence-electron chi connectivity index (χ4n) is 3.84. The first kappa shape index (κ1) is 17.8. The number of hydrazine groups is 1. The van der Waals surface area contributed by atoms with Gasteiger partial charge >= 0.3 is 0 Å². The van der Waals surface area contributed by atoms with E-state index in [1.807, 2.05) is 36.4 Å². The van der Waals surface area contributed by atoms with Crippen LogP contribution in [0.1, 0.15) is 23.6 Å². The summed E-state index contributed by atoms with van der Waals surface area (Å²) in [7, 11) is 0. The lowest BCUT2D eigenvalue weighted by Gasteiger charge is -2.32. The van der Waals surface area contributed by atoms with Crippen LogP contribution in [0.25, 0.3) is 0 Å². The summed E-state index contributed by atoms with van der Waals surface area (Å²) in [5.74, 6) is 3.34. The van der Waals surface area contributed by atoms with E-state index in [4.69, 9.17) is 9.72 Å². The Kier molecular flexibility index (Phi) is 4.88. The van der Waals surface area contributed by atoms with Crippen LogP contribution in [0, 0.1) is 0 Å². The smallest absolute Gasteiger partial charge is 0.226 e. The van der Waals surface area contributed by atoms with Crippen molar-refractivity contribution in [2.24, 2.45) is 0 Å². The van der Waals surface area contributed by atoms with Crippen LogP contribution in [0.3, 0.4) is 0 Å². The van der Waals surface area contributed by atoms with Crippen molar-refractivity contribution in [1.82, 2.24) is 15.4 Å². The lowest BCUT2D eigenvalue weighted by molar-refractivity contribution is 0.332. The first-order chi connectivity index (χ1) is 14.4. The van der Waals surface area contributed by atoms with Gasteiger partial charge in [0.2, 0.25) is 5.95 Å². The average molecular weight is 388 g/mol. The molecule has 1 aromatic heterocycles. The van der Waals surface area contributed by atoms with Crippen molar-refractivity contribution in [3.05, 3.63) is 71.8 Å². The van der Waals surface area contributed by atoms with Crippen LogP contribution in [-0.2, 0) is 6.54 Å². The third kappa shape index (κ3) is 3.82. The summed E-state index contributed by atoms with van der Waals surface area (Å²) in [4.78, 5) is 11.8. The standard InChI is InChI=1S/C22H24N6O/c1-3-7-16(8-4-1)15-28-13-11-18-19-20(27-26-18)24-22(25-21(19)28)23-12-14-29-17-9-5-2-6-10-17/h1-10,18,26H,11-15H2,(H2,23,24,25,27). The number of anilines is 3. The van der Waals surface area contributed by atoms with Crippen molar-refractivity contribution < 1.29 is 4.74 Å². The molecule has 29 heavy (non-hydrogen) atoms. The average Bonchev–Trinajstić information content (AvgIpc) is 3.19. The summed E-state index contributed by atoms with van der Waals surface area (Å²) in [6.07, 6.45) is 1.03. The topological polar surface area (TPSA) is 74.3 Å². The predicted octanol–water partition coefficient (Wildman–Crippen LogP) is 3.35. The number of benzene rings is 2. The lowest BCUT2D eigenvalue weighted by Crippen LogP contribution is -2.34. The SMILES string of the molecule is c1ccc(CN2CCC3NNc4nc(NCCOc5ccccc5)nc2c43)cc1. The van der Waals surface area contributed by atoms with E-state index in [2.05, 4.69) is 50.3 Å². The van der Waals surface area contributed by atoms with E-state index in [0.717, 1.165) is 36.9 Å². The maximum atomic E-state index is 5.75. The maximum Gasteiger partial charge on any atom is 0.226 e. The van der Waals surface area contributed by atoms with E-state index in [9.17, 15) is 0 Å². The Morgan fingerprint density at radius 2 is 1.83 bits per heavy atom. The van der Waals surface area contributed by atoms with Gasteiger partial charge in [0.05, 0.1) is 18.2 Å². The van der Waals surface area contributed by atoms with Crippen LogP contribution < -0.4 is 25.8 Å². The van der Waals surface area contributed by atoms with Crippen LogP contribution in [-0.4, -0.2) is 29.7 Å². The van der Waals surface area contributed by atoms with Gasteiger partial charge in [-0.1, -0.05) is 48.5 Å². The van der Waals surface area contributed by atoms with Gasteiger partial charge in [-0.05, 0) is 24.1 Å². The van der Waals surface area contributed by atoms with E-state index in [1.165, 1.54) is 11.1 Å². The fraction of sp³-hybridized carbons (Fsp3) is 0.273. The Balaban J connectivity index is 1.31. The van der Waals surface area contributed by atoms with E-state index < -0.39 is 0 Å². The second-order valence-corrected chi connectivity index (χ2v) is 7.24. The van der Waals surface area contributed by atoms with Crippen LogP contribution in [0.5, 0.6) is 5.75 Å². The summed E-state index contributed by atoms with van der Waals surface area (Å²) in [6, 6.07) is 20.6. The van der Waals surface area contributed by atoms with Gasteiger partial charge in [-0.25, -0.2) is 5.43 Å². The van der Waals surface area contributed by atoms with Crippen LogP contribution in [0.4, 0.5) is 17.6 Å². The monoisotopic (exact) mass is 388 g/mol. The molecular weight excluding hydrogens is 364 g/mol. The molecule has 0 bridgehead atoms. The quantitative estimate of drug-likeness (QED) is 0.536. The summed E-state index contributed by atoms with van der Waals surface area (Å²) in [5, 5.41) is 3.30. The van der Waals surface area contributed by atoms with Crippen molar-refractivity contribution in [2.75, 3.05) is 35.3 Å². The molecule has 1 unspecified atom stereocenters. The molecule has 7 heteroatoms. The largest absolute Gasteiger partial charge is 0.492 e. The third-order valence-electron chi connectivity index (χ3n) is 5.24. The molecule has 2 aliphatic heterocycles. The molecule has 0 fully saturated rings. The van der Waals surface area contributed by atoms with E-state index in [1.54, 1.807) is 0 Å². The molecule has 3 N–H and O–H groups in total. The molecule has 0 amide bonds. The first-order valence-electron chi connectivity index (χ1n) is 10.0. The van der Waals surface area contributed by atoms with Gasteiger partial charge in [-0.2, -0.15) is 9.97 Å². The van der Waals surface area contributed by atoms with E-state index in [-0.39, 0.29) is 6.04 Å². The van der Waals surface area contributed by atoms with Crippen LogP contribution >= 0.6 is 0 Å². The Morgan fingerprint density at radius 1 is 1.03 bits per heavy atom. The van der Waals surface area contributed by atoms with Gasteiger partial charge in [0.25, 0.3) is 0 Å². The van der Waals surface area contributed by atoms with Crippen molar-refractivity contribution >= 4 is 17.6 Å². The molecule has 3 aromatic rings. The predicted molar refractivity (Wildman–Crippen MR) is 114 cm³/mol. The van der Waals surface area contributed by atoms with Gasteiger partial charge in [0.1, 0.15) is 18.2 Å². The molecule has 3 heterocycles. The molecule has 5 rings (SSSR count). The minimum Gasteiger partial charge on any atom is -0.492 e. The van der Waals surface area contributed by atoms with Crippen molar-refractivity contribution in [1.29, 1.82) is 0 Å². The molecule has 148 valence electrons. The Labute approximate surface area is 170 Å². The fourth-order valence-corrected chi connectivity index (χ4v) is 3.84. The molecule has 2 aliphatic rings. The highest BCUT2D eigenvalue weighted by Crippen LogP contribution is 2.41. The third-order valence-corrected chi connectivity index (χ3v) is 5.24. The zero-order valence-electron chi connectivity index (χ0n) is 16.1. The molecule has 2 aromatic carbocycles. The minimum absolute atomic E-state index is 0.266.